The lowest BCUT2D eigenvalue weighted by Crippen LogP contribution is -2.51. The fourth-order valence-corrected chi connectivity index (χ4v) is 3.44. The number of alkyl halides is 2. The average Bonchev–Trinajstić information content (AvgIpc) is 2.70. The number of piperazine rings is 1. The number of halogens is 2. The second-order valence-electron chi connectivity index (χ2n) is 7.37. The smallest absolute Gasteiger partial charge is 0.387 e. The predicted octanol–water partition coefficient (Wildman–Crippen LogP) is 3.45. The van der Waals surface area contributed by atoms with Gasteiger partial charge in [0.15, 0.2) is 0 Å². The number of hydrogen-bond donors (Lipinski definition) is 1. The largest absolute Gasteiger partial charge is 0.435 e. The summed E-state index contributed by atoms with van der Waals surface area (Å²) in [5.74, 6) is 0.0108. The number of hydrogen-bond acceptors (Lipinski definition) is 4. The monoisotopic (exact) mass is 403 g/mol. The zero-order valence-corrected chi connectivity index (χ0v) is 16.8. The van der Waals surface area contributed by atoms with Crippen LogP contribution >= 0.6 is 0 Å². The van der Waals surface area contributed by atoms with E-state index in [1.54, 1.807) is 12.1 Å². The van der Waals surface area contributed by atoms with Crippen LogP contribution in [0.4, 0.5) is 14.5 Å². The highest BCUT2D eigenvalue weighted by Gasteiger charge is 2.24. The topological polar surface area (TPSA) is 44.8 Å². The predicted molar refractivity (Wildman–Crippen MR) is 109 cm³/mol. The van der Waals surface area contributed by atoms with Crippen LogP contribution in [0, 0.1) is 0 Å². The number of nitrogens with one attached hydrogen (secondary N) is 1. The lowest BCUT2D eigenvalue weighted by atomic mass is 10.0. The third-order valence-electron chi connectivity index (χ3n) is 5.25. The van der Waals surface area contributed by atoms with Crippen LogP contribution in [0.15, 0.2) is 48.5 Å². The van der Waals surface area contributed by atoms with E-state index in [0.29, 0.717) is 17.7 Å². The molecule has 1 aliphatic rings. The normalized spacial score (nSPS) is 16.6. The summed E-state index contributed by atoms with van der Waals surface area (Å²) in [5, 5.41) is 2.92. The van der Waals surface area contributed by atoms with Crippen molar-refractivity contribution in [1.29, 1.82) is 0 Å². The van der Waals surface area contributed by atoms with Crippen molar-refractivity contribution in [3.63, 3.8) is 0 Å². The maximum atomic E-state index is 12.8. The Hall–Kier alpha value is -2.51. The Kier molecular flexibility index (Phi) is 7.17. The molecule has 5 nitrogen and oxygen atoms in total. The third kappa shape index (κ3) is 5.98. The minimum atomic E-state index is -2.90. The van der Waals surface area contributed by atoms with Crippen LogP contribution in [0.25, 0.3) is 0 Å². The molecule has 29 heavy (non-hydrogen) atoms. The van der Waals surface area contributed by atoms with Crippen LogP contribution in [0.1, 0.15) is 18.1 Å². The summed E-state index contributed by atoms with van der Waals surface area (Å²) < 4.78 is 30.2. The molecule has 2 aromatic rings. The van der Waals surface area contributed by atoms with Crippen LogP contribution in [-0.2, 0) is 11.2 Å². The minimum absolute atomic E-state index is 0.109. The van der Waals surface area contributed by atoms with Crippen LogP contribution in [0.5, 0.6) is 5.75 Å². The van der Waals surface area contributed by atoms with Crippen molar-refractivity contribution >= 4 is 11.6 Å². The van der Waals surface area contributed by atoms with Crippen molar-refractivity contribution in [3.05, 3.63) is 59.7 Å². The van der Waals surface area contributed by atoms with Crippen LogP contribution < -0.4 is 10.1 Å². The van der Waals surface area contributed by atoms with Crippen molar-refractivity contribution in [2.24, 2.45) is 0 Å². The van der Waals surface area contributed by atoms with Gasteiger partial charge in [-0.05, 0) is 37.7 Å². The first-order valence-corrected chi connectivity index (χ1v) is 9.77. The quantitative estimate of drug-likeness (QED) is 0.769. The second-order valence-corrected chi connectivity index (χ2v) is 7.37. The molecule has 3 rings (SSSR count). The van der Waals surface area contributed by atoms with E-state index in [-0.39, 0.29) is 17.7 Å². The molecule has 2 aromatic carbocycles. The zero-order valence-electron chi connectivity index (χ0n) is 16.8. The second kappa shape index (κ2) is 9.80. The molecule has 0 saturated carbocycles. The first-order chi connectivity index (χ1) is 13.9. The Balaban J connectivity index is 1.73. The Labute approximate surface area is 170 Å². The number of carbonyl (C=O) groups excluding carboxylic acids is 1. The molecule has 0 aliphatic carbocycles. The number of rotatable bonds is 7. The van der Waals surface area contributed by atoms with Gasteiger partial charge in [-0.2, -0.15) is 8.78 Å². The standard InChI is InChI=1S/C22H27F2N3O2/c1-16(27-12-10-26(2)11-13-27)21(28)25-19-8-9-20(29-22(23)24)18(15-19)14-17-6-4-3-5-7-17/h3-9,15-16,22H,10-14H2,1-2H3,(H,25,28)/t16-/m0/s1. The lowest BCUT2D eigenvalue weighted by molar-refractivity contribution is -0.121. The van der Waals surface area contributed by atoms with E-state index in [1.807, 2.05) is 37.3 Å². The number of likely N-dealkylation sites (N-methyl/N-ethyl adjacent to an activating group) is 1. The maximum absolute atomic E-state index is 12.8. The van der Waals surface area contributed by atoms with Gasteiger partial charge in [0.25, 0.3) is 0 Å². The Morgan fingerprint density at radius 2 is 1.79 bits per heavy atom. The summed E-state index contributed by atoms with van der Waals surface area (Å²) in [7, 11) is 2.07. The van der Waals surface area contributed by atoms with Gasteiger partial charge in [0.05, 0.1) is 6.04 Å². The molecule has 1 saturated heterocycles. The molecule has 1 fully saturated rings. The van der Waals surface area contributed by atoms with Crippen LogP contribution in [0.3, 0.4) is 0 Å². The molecule has 0 bridgehead atoms. The van der Waals surface area contributed by atoms with E-state index in [9.17, 15) is 13.6 Å². The molecule has 1 amide bonds. The summed E-state index contributed by atoms with van der Waals surface area (Å²) in [5.41, 5.74) is 2.14. The van der Waals surface area contributed by atoms with E-state index >= 15 is 0 Å². The van der Waals surface area contributed by atoms with Gasteiger partial charge in [0.2, 0.25) is 5.91 Å². The van der Waals surface area contributed by atoms with Gasteiger partial charge in [-0.15, -0.1) is 0 Å². The first kappa shape index (κ1) is 21.2. The number of ether oxygens (including phenoxy) is 1. The molecule has 0 spiro atoms. The van der Waals surface area contributed by atoms with E-state index in [2.05, 4.69) is 26.9 Å². The first-order valence-electron chi connectivity index (χ1n) is 9.77. The van der Waals surface area contributed by atoms with Crippen LogP contribution in [0.2, 0.25) is 0 Å². The maximum Gasteiger partial charge on any atom is 0.387 e. The van der Waals surface area contributed by atoms with Crippen LogP contribution in [-0.4, -0.2) is 61.6 Å². The summed E-state index contributed by atoms with van der Waals surface area (Å²) in [6.07, 6.45) is 0.431. The van der Waals surface area contributed by atoms with Crippen molar-refractivity contribution in [2.75, 3.05) is 38.5 Å². The summed E-state index contributed by atoms with van der Waals surface area (Å²) >= 11 is 0. The average molecular weight is 403 g/mol. The highest BCUT2D eigenvalue weighted by atomic mass is 19.3. The van der Waals surface area contributed by atoms with Gasteiger partial charge in [-0.25, -0.2) is 0 Å². The van der Waals surface area contributed by atoms with Gasteiger partial charge < -0.3 is 15.0 Å². The number of anilines is 1. The van der Waals surface area contributed by atoms with Crippen molar-refractivity contribution in [1.82, 2.24) is 9.80 Å². The summed E-state index contributed by atoms with van der Waals surface area (Å²) in [6.45, 7) is 2.52. The molecule has 0 aromatic heterocycles. The molecular weight excluding hydrogens is 376 g/mol. The summed E-state index contributed by atoms with van der Waals surface area (Å²) in [4.78, 5) is 17.1. The highest BCUT2D eigenvalue weighted by Crippen LogP contribution is 2.27. The van der Waals surface area contributed by atoms with Crippen molar-refractivity contribution in [2.45, 2.75) is 26.0 Å². The Morgan fingerprint density at radius 1 is 1.10 bits per heavy atom. The number of amides is 1. The molecule has 156 valence electrons. The number of nitrogens with zero attached hydrogens (tertiary/aromatic N) is 2. The molecular formula is C22H27F2N3O2. The van der Waals surface area contributed by atoms with E-state index < -0.39 is 6.61 Å². The number of benzene rings is 2. The van der Waals surface area contributed by atoms with Gasteiger partial charge >= 0.3 is 6.61 Å². The van der Waals surface area contributed by atoms with Crippen molar-refractivity contribution in [3.8, 4) is 5.75 Å². The van der Waals surface area contributed by atoms with E-state index in [0.717, 1.165) is 31.7 Å². The molecule has 1 heterocycles. The minimum Gasteiger partial charge on any atom is -0.435 e. The molecule has 1 atom stereocenters. The zero-order chi connectivity index (χ0) is 20.8. The third-order valence-corrected chi connectivity index (χ3v) is 5.25. The van der Waals surface area contributed by atoms with Gasteiger partial charge in [0, 0.05) is 43.9 Å². The SMILES string of the molecule is C[C@@H](C(=O)Nc1ccc(OC(F)F)c(Cc2ccccc2)c1)N1CCN(C)CC1. The van der Waals surface area contributed by atoms with E-state index in [1.165, 1.54) is 6.07 Å². The van der Waals surface area contributed by atoms with Crippen molar-refractivity contribution < 1.29 is 18.3 Å². The van der Waals surface area contributed by atoms with Gasteiger partial charge in [-0.1, -0.05) is 30.3 Å². The van der Waals surface area contributed by atoms with E-state index in [4.69, 9.17) is 0 Å². The van der Waals surface area contributed by atoms with Gasteiger partial charge in [-0.3, -0.25) is 9.69 Å². The Bertz CT molecular complexity index is 809. The fourth-order valence-electron chi connectivity index (χ4n) is 3.44. The fraction of sp³-hybridized carbons (Fsp3) is 0.409. The molecule has 7 heteroatoms. The lowest BCUT2D eigenvalue weighted by Gasteiger charge is -2.35. The molecule has 0 unspecified atom stereocenters. The molecule has 1 aliphatic heterocycles. The summed E-state index contributed by atoms with van der Waals surface area (Å²) in [6, 6.07) is 14.1. The highest BCUT2D eigenvalue weighted by molar-refractivity contribution is 5.94. The Morgan fingerprint density at radius 3 is 2.45 bits per heavy atom. The molecule has 0 radical (unpaired) electrons. The number of carbonyl (C=O) groups is 1. The molecule has 1 N–H and O–H groups in total. The van der Waals surface area contributed by atoms with Gasteiger partial charge in [0.1, 0.15) is 5.75 Å².